The summed E-state index contributed by atoms with van der Waals surface area (Å²) in [7, 11) is 0. The van der Waals surface area contributed by atoms with Gasteiger partial charge < -0.3 is 20.1 Å². The van der Waals surface area contributed by atoms with E-state index in [0.717, 1.165) is 0 Å². The van der Waals surface area contributed by atoms with Gasteiger partial charge in [0.1, 0.15) is 18.1 Å². The fourth-order valence-corrected chi connectivity index (χ4v) is 4.93. The molecule has 2 aliphatic heterocycles. The van der Waals surface area contributed by atoms with Crippen LogP contribution < -0.4 is 16.0 Å². The van der Waals surface area contributed by atoms with Crippen molar-refractivity contribution in [2.24, 2.45) is 5.41 Å². The molecular weight excluding hydrogens is 434 g/mol. The maximum absolute atomic E-state index is 12.8. The fourth-order valence-electron chi connectivity index (χ4n) is 3.44. The van der Waals surface area contributed by atoms with Gasteiger partial charge in [0.15, 0.2) is 0 Å². The number of thioether (sulfide) groups is 1. The summed E-state index contributed by atoms with van der Waals surface area (Å²) in [4.78, 5) is 49.9. The van der Waals surface area contributed by atoms with Gasteiger partial charge in [0, 0.05) is 4.75 Å². The Labute approximate surface area is 191 Å². The van der Waals surface area contributed by atoms with Crippen molar-refractivity contribution in [1.29, 1.82) is 0 Å². The molecule has 174 valence electrons. The number of piperazine rings is 1. The van der Waals surface area contributed by atoms with Gasteiger partial charge in [-0.2, -0.15) is 0 Å². The van der Waals surface area contributed by atoms with Crippen molar-refractivity contribution in [3.05, 3.63) is 35.9 Å². The molecule has 0 bridgehead atoms. The van der Waals surface area contributed by atoms with Gasteiger partial charge in [-0.15, -0.1) is 11.8 Å². The van der Waals surface area contributed by atoms with E-state index < -0.39 is 52.4 Å². The molecular formula is C22H29N3O6S. The first-order valence-electron chi connectivity index (χ1n) is 10.3. The predicted octanol–water partition coefficient (Wildman–Crippen LogP) is 1.24. The molecule has 2 fully saturated rings. The lowest BCUT2D eigenvalue weighted by molar-refractivity contribution is -0.174. The van der Waals surface area contributed by atoms with Gasteiger partial charge in [-0.05, 0) is 40.2 Å². The van der Waals surface area contributed by atoms with Crippen molar-refractivity contribution in [2.45, 2.75) is 62.9 Å². The third-order valence-electron chi connectivity index (χ3n) is 5.26. The Balaban J connectivity index is 1.61. The second kappa shape index (κ2) is 9.11. The average Bonchev–Trinajstić information content (AvgIpc) is 3.04. The highest BCUT2D eigenvalue weighted by Crippen LogP contribution is 2.40. The number of rotatable bonds is 5. The molecule has 0 saturated carbocycles. The van der Waals surface area contributed by atoms with Gasteiger partial charge in [-0.3, -0.25) is 24.5 Å². The highest BCUT2D eigenvalue weighted by Gasteiger charge is 2.51. The highest BCUT2D eigenvalue weighted by atomic mass is 32.2. The number of esters is 2. The van der Waals surface area contributed by atoms with Crippen molar-refractivity contribution in [2.75, 3.05) is 6.79 Å². The summed E-state index contributed by atoms with van der Waals surface area (Å²) < 4.78 is 9.51. The summed E-state index contributed by atoms with van der Waals surface area (Å²) in [5, 5.41) is 8.09. The molecule has 32 heavy (non-hydrogen) atoms. The topological polar surface area (TPSA) is 123 Å². The average molecular weight is 464 g/mol. The van der Waals surface area contributed by atoms with E-state index in [0.29, 0.717) is 5.56 Å². The second-order valence-corrected chi connectivity index (χ2v) is 11.1. The second-order valence-electron chi connectivity index (χ2n) is 9.34. The Kier molecular flexibility index (Phi) is 6.85. The summed E-state index contributed by atoms with van der Waals surface area (Å²) in [6.07, 6.45) is 0. The van der Waals surface area contributed by atoms with E-state index in [1.807, 2.05) is 19.9 Å². The van der Waals surface area contributed by atoms with Crippen molar-refractivity contribution >= 4 is 35.5 Å². The smallest absolute Gasteiger partial charge is 0.327 e. The van der Waals surface area contributed by atoms with Gasteiger partial charge in [0.05, 0.1) is 10.8 Å². The lowest BCUT2D eigenvalue weighted by atomic mass is 9.98. The molecule has 0 radical (unpaired) electrons. The van der Waals surface area contributed by atoms with E-state index in [-0.39, 0.29) is 11.8 Å². The largest absolute Gasteiger partial charge is 0.427 e. The van der Waals surface area contributed by atoms with Crippen LogP contribution in [0.25, 0.3) is 0 Å². The van der Waals surface area contributed by atoms with Crippen molar-refractivity contribution < 1.29 is 28.7 Å². The number of amides is 2. The normalized spacial score (nSPS) is 27.3. The van der Waals surface area contributed by atoms with Crippen LogP contribution in [0, 0.1) is 5.41 Å². The summed E-state index contributed by atoms with van der Waals surface area (Å²) in [5.74, 6) is -1.74. The molecule has 1 aromatic rings. The molecule has 2 heterocycles. The van der Waals surface area contributed by atoms with Crippen LogP contribution in [-0.4, -0.2) is 52.8 Å². The van der Waals surface area contributed by atoms with Crippen molar-refractivity contribution in [3.8, 4) is 0 Å². The van der Waals surface area contributed by atoms with E-state index in [4.69, 9.17) is 9.47 Å². The molecule has 4 atom stereocenters. The van der Waals surface area contributed by atoms with Gasteiger partial charge in [-0.25, -0.2) is 0 Å². The number of nitrogens with one attached hydrogen (secondary N) is 3. The van der Waals surface area contributed by atoms with Crippen LogP contribution >= 0.6 is 11.8 Å². The summed E-state index contributed by atoms with van der Waals surface area (Å²) >= 11 is 1.36. The van der Waals surface area contributed by atoms with Crippen LogP contribution in [0.5, 0.6) is 0 Å². The zero-order chi connectivity index (χ0) is 23.7. The molecule has 9 nitrogen and oxygen atoms in total. The third kappa shape index (κ3) is 5.24. The predicted molar refractivity (Wildman–Crippen MR) is 118 cm³/mol. The van der Waals surface area contributed by atoms with E-state index in [1.165, 1.54) is 11.8 Å². The maximum Gasteiger partial charge on any atom is 0.327 e. The van der Waals surface area contributed by atoms with Crippen LogP contribution in [0.1, 0.15) is 46.2 Å². The number of benzene rings is 1. The van der Waals surface area contributed by atoms with Crippen molar-refractivity contribution in [1.82, 2.24) is 16.0 Å². The minimum absolute atomic E-state index is 0.318. The van der Waals surface area contributed by atoms with Gasteiger partial charge in [0.2, 0.25) is 18.6 Å². The molecule has 2 aliphatic rings. The van der Waals surface area contributed by atoms with Crippen LogP contribution in [0.4, 0.5) is 0 Å². The summed E-state index contributed by atoms with van der Waals surface area (Å²) in [6.45, 7) is 8.29. The first-order chi connectivity index (χ1) is 14.9. The van der Waals surface area contributed by atoms with E-state index in [9.17, 15) is 19.2 Å². The Morgan fingerprint density at radius 1 is 1.03 bits per heavy atom. The Morgan fingerprint density at radius 3 is 2.31 bits per heavy atom. The Morgan fingerprint density at radius 2 is 1.69 bits per heavy atom. The first-order valence-corrected chi connectivity index (χ1v) is 11.2. The number of carbonyl (C=O) groups is 4. The molecule has 0 aromatic heterocycles. The number of carbonyl (C=O) groups excluding carboxylic acids is 4. The van der Waals surface area contributed by atoms with E-state index in [2.05, 4.69) is 16.0 Å². The highest BCUT2D eigenvalue weighted by molar-refractivity contribution is 8.01. The fraction of sp³-hybridized carbons (Fsp3) is 0.545. The van der Waals surface area contributed by atoms with Crippen LogP contribution in [0.15, 0.2) is 30.3 Å². The Bertz CT molecular complexity index is 899. The lowest BCUT2D eigenvalue weighted by Gasteiger charge is -2.32. The molecule has 10 heteroatoms. The van der Waals surface area contributed by atoms with Crippen LogP contribution in [0.2, 0.25) is 0 Å². The molecule has 2 saturated heterocycles. The van der Waals surface area contributed by atoms with Crippen molar-refractivity contribution in [3.63, 3.8) is 0 Å². The molecule has 2 amide bonds. The number of hydrogen-bond acceptors (Lipinski definition) is 8. The SMILES string of the molecule is CC(C)(C)C(=O)OCOC(=O)[C@@H]1NC(C2NC(=O)C(c3ccccc3)NC2=O)SC1(C)C. The molecule has 3 N–H and O–H groups in total. The maximum atomic E-state index is 12.8. The zero-order valence-electron chi connectivity index (χ0n) is 18.8. The zero-order valence-corrected chi connectivity index (χ0v) is 19.6. The number of ether oxygens (including phenoxy) is 2. The lowest BCUT2D eigenvalue weighted by Crippen LogP contribution is -2.63. The summed E-state index contributed by atoms with van der Waals surface area (Å²) in [6, 6.07) is 6.59. The van der Waals surface area contributed by atoms with Crippen LogP contribution in [0.3, 0.4) is 0 Å². The Hall–Kier alpha value is -2.59. The van der Waals surface area contributed by atoms with E-state index >= 15 is 0 Å². The quantitative estimate of drug-likeness (QED) is 0.440. The van der Waals surface area contributed by atoms with E-state index in [1.54, 1.807) is 45.0 Å². The van der Waals surface area contributed by atoms with Crippen LogP contribution in [-0.2, 0) is 28.7 Å². The standard InChI is InChI=1S/C22H29N3O6S/c1-21(2,3)20(29)31-11-30-19(28)15-22(4,5)32-18(25-15)14-17(27)23-13(16(26)24-14)12-9-7-6-8-10-12/h6-10,13-15,18,25H,11H2,1-5H3,(H,23,27)(H,24,26)/t13?,14?,15-,18?/m0/s1. The van der Waals surface area contributed by atoms with Gasteiger partial charge in [-0.1, -0.05) is 30.3 Å². The molecule has 3 unspecified atom stereocenters. The van der Waals surface area contributed by atoms with Gasteiger partial charge >= 0.3 is 11.9 Å². The first kappa shape index (κ1) is 24.1. The minimum atomic E-state index is -0.858. The number of hydrogen-bond donors (Lipinski definition) is 3. The minimum Gasteiger partial charge on any atom is -0.427 e. The van der Waals surface area contributed by atoms with Gasteiger partial charge in [0.25, 0.3) is 0 Å². The molecule has 0 spiro atoms. The third-order valence-corrected chi connectivity index (χ3v) is 6.77. The molecule has 0 aliphatic carbocycles. The molecule has 1 aromatic carbocycles. The monoisotopic (exact) mass is 463 g/mol. The summed E-state index contributed by atoms with van der Waals surface area (Å²) in [5.41, 5.74) is -0.0158. The molecule has 3 rings (SSSR count).